The summed E-state index contributed by atoms with van der Waals surface area (Å²) in [6.07, 6.45) is 3.57. The SMILES string of the molecule is CCOCC(C)Nc1ccc2c(n1)CCC2. The summed E-state index contributed by atoms with van der Waals surface area (Å²) in [6.45, 7) is 5.63. The number of aromatic nitrogens is 1. The van der Waals surface area contributed by atoms with Crippen LogP contribution in [-0.2, 0) is 17.6 Å². The van der Waals surface area contributed by atoms with E-state index >= 15 is 0 Å². The molecule has 0 aliphatic heterocycles. The van der Waals surface area contributed by atoms with Gasteiger partial charge >= 0.3 is 0 Å². The van der Waals surface area contributed by atoms with E-state index in [9.17, 15) is 0 Å². The second kappa shape index (κ2) is 5.30. The topological polar surface area (TPSA) is 34.1 Å². The largest absolute Gasteiger partial charge is 0.380 e. The molecule has 16 heavy (non-hydrogen) atoms. The van der Waals surface area contributed by atoms with Gasteiger partial charge in [0.05, 0.1) is 6.61 Å². The van der Waals surface area contributed by atoms with Gasteiger partial charge in [-0.25, -0.2) is 4.98 Å². The fourth-order valence-corrected chi connectivity index (χ4v) is 2.09. The molecule has 0 bridgehead atoms. The molecule has 0 spiro atoms. The first-order valence-corrected chi connectivity index (χ1v) is 6.12. The van der Waals surface area contributed by atoms with Crippen LogP contribution < -0.4 is 5.32 Å². The van der Waals surface area contributed by atoms with Crippen LogP contribution in [0.5, 0.6) is 0 Å². The summed E-state index contributed by atoms with van der Waals surface area (Å²) in [5.41, 5.74) is 2.69. The number of fused-ring (bicyclic) bond motifs is 1. The molecule has 0 saturated carbocycles. The molecule has 0 fully saturated rings. The molecule has 1 aromatic heterocycles. The van der Waals surface area contributed by atoms with Crippen LogP contribution in [0.3, 0.4) is 0 Å². The van der Waals surface area contributed by atoms with E-state index < -0.39 is 0 Å². The molecule has 1 N–H and O–H groups in total. The molecule has 1 heterocycles. The zero-order chi connectivity index (χ0) is 11.4. The molecule has 1 aromatic rings. The lowest BCUT2D eigenvalue weighted by Gasteiger charge is -2.14. The van der Waals surface area contributed by atoms with Crippen LogP contribution in [0.15, 0.2) is 12.1 Å². The number of nitrogens with one attached hydrogen (secondary N) is 1. The maximum Gasteiger partial charge on any atom is 0.126 e. The average Bonchev–Trinajstić information content (AvgIpc) is 2.73. The van der Waals surface area contributed by atoms with E-state index in [1.54, 1.807) is 0 Å². The number of rotatable bonds is 5. The van der Waals surface area contributed by atoms with Gasteiger partial charge in [-0.1, -0.05) is 6.07 Å². The summed E-state index contributed by atoms with van der Waals surface area (Å²) in [7, 11) is 0. The molecule has 0 aromatic carbocycles. The Morgan fingerprint density at radius 1 is 1.44 bits per heavy atom. The Morgan fingerprint density at radius 3 is 3.12 bits per heavy atom. The van der Waals surface area contributed by atoms with Crippen molar-refractivity contribution in [3.8, 4) is 0 Å². The Bertz CT molecular complexity index is 352. The molecule has 0 amide bonds. The molecule has 3 nitrogen and oxygen atoms in total. The highest BCUT2D eigenvalue weighted by molar-refractivity contribution is 5.41. The number of ether oxygens (including phenoxy) is 1. The minimum absolute atomic E-state index is 0.312. The van der Waals surface area contributed by atoms with E-state index in [1.807, 2.05) is 6.92 Å². The Kier molecular flexibility index (Phi) is 3.78. The molecule has 1 aliphatic rings. The first kappa shape index (κ1) is 11.4. The van der Waals surface area contributed by atoms with Crippen molar-refractivity contribution >= 4 is 5.82 Å². The van der Waals surface area contributed by atoms with Crippen LogP contribution in [0, 0.1) is 0 Å². The van der Waals surface area contributed by atoms with Crippen molar-refractivity contribution in [2.75, 3.05) is 18.5 Å². The van der Waals surface area contributed by atoms with E-state index in [-0.39, 0.29) is 0 Å². The highest BCUT2D eigenvalue weighted by Crippen LogP contribution is 2.21. The van der Waals surface area contributed by atoms with Crippen molar-refractivity contribution in [3.63, 3.8) is 0 Å². The summed E-state index contributed by atoms with van der Waals surface area (Å²) < 4.78 is 5.37. The Hall–Kier alpha value is -1.09. The molecule has 1 unspecified atom stereocenters. The lowest BCUT2D eigenvalue weighted by Crippen LogP contribution is -2.22. The predicted octanol–water partition coefficient (Wildman–Crippen LogP) is 2.41. The Morgan fingerprint density at radius 2 is 2.31 bits per heavy atom. The summed E-state index contributed by atoms with van der Waals surface area (Å²) in [5, 5.41) is 3.37. The van der Waals surface area contributed by atoms with Crippen molar-refractivity contribution in [3.05, 3.63) is 23.4 Å². The molecule has 0 radical (unpaired) electrons. The van der Waals surface area contributed by atoms with Gasteiger partial charge in [0, 0.05) is 18.3 Å². The van der Waals surface area contributed by atoms with Gasteiger partial charge in [-0.05, 0) is 44.7 Å². The second-order valence-electron chi connectivity index (χ2n) is 4.36. The van der Waals surface area contributed by atoms with Gasteiger partial charge in [-0.3, -0.25) is 0 Å². The van der Waals surface area contributed by atoms with Gasteiger partial charge < -0.3 is 10.1 Å². The molecule has 2 rings (SSSR count). The van der Waals surface area contributed by atoms with Crippen molar-refractivity contribution in [1.29, 1.82) is 0 Å². The van der Waals surface area contributed by atoms with Gasteiger partial charge in [0.15, 0.2) is 0 Å². The number of nitrogens with zero attached hydrogens (tertiary/aromatic N) is 1. The van der Waals surface area contributed by atoms with Crippen molar-refractivity contribution in [2.24, 2.45) is 0 Å². The molecular weight excluding hydrogens is 200 g/mol. The van der Waals surface area contributed by atoms with Gasteiger partial charge in [0.2, 0.25) is 0 Å². The van der Waals surface area contributed by atoms with Crippen LogP contribution in [0.1, 0.15) is 31.5 Å². The van der Waals surface area contributed by atoms with Gasteiger partial charge in [0.25, 0.3) is 0 Å². The maximum absolute atomic E-state index is 5.37. The first-order chi connectivity index (χ1) is 7.79. The Balaban J connectivity index is 1.94. The third kappa shape index (κ3) is 2.73. The molecule has 3 heteroatoms. The molecule has 88 valence electrons. The number of anilines is 1. The van der Waals surface area contributed by atoms with E-state index in [2.05, 4.69) is 29.4 Å². The fourth-order valence-electron chi connectivity index (χ4n) is 2.09. The van der Waals surface area contributed by atoms with Gasteiger partial charge in [-0.2, -0.15) is 0 Å². The van der Waals surface area contributed by atoms with Crippen LogP contribution in [0.25, 0.3) is 0 Å². The monoisotopic (exact) mass is 220 g/mol. The molecule has 0 saturated heterocycles. The standard InChI is InChI=1S/C13H20N2O/c1-3-16-9-10(2)14-13-8-7-11-5-4-6-12(11)15-13/h7-8,10H,3-6,9H2,1-2H3,(H,14,15). The lowest BCUT2D eigenvalue weighted by molar-refractivity contribution is 0.141. The van der Waals surface area contributed by atoms with Crippen LogP contribution >= 0.6 is 0 Å². The average molecular weight is 220 g/mol. The van der Waals surface area contributed by atoms with E-state index in [0.717, 1.165) is 25.5 Å². The van der Waals surface area contributed by atoms with Crippen LogP contribution in [-0.4, -0.2) is 24.2 Å². The van der Waals surface area contributed by atoms with Gasteiger partial charge in [0.1, 0.15) is 5.82 Å². The highest BCUT2D eigenvalue weighted by Gasteiger charge is 2.12. The van der Waals surface area contributed by atoms with Crippen LogP contribution in [0.2, 0.25) is 0 Å². The minimum atomic E-state index is 0.312. The zero-order valence-electron chi connectivity index (χ0n) is 10.1. The zero-order valence-corrected chi connectivity index (χ0v) is 10.1. The normalized spacial score (nSPS) is 15.9. The van der Waals surface area contributed by atoms with Crippen molar-refractivity contribution < 1.29 is 4.74 Å². The summed E-state index contributed by atoms with van der Waals surface area (Å²) in [4.78, 5) is 4.63. The number of pyridine rings is 1. The number of aryl methyl sites for hydroxylation is 2. The quantitative estimate of drug-likeness (QED) is 0.827. The number of hydrogen-bond acceptors (Lipinski definition) is 3. The van der Waals surface area contributed by atoms with E-state index in [4.69, 9.17) is 4.74 Å². The highest BCUT2D eigenvalue weighted by atomic mass is 16.5. The van der Waals surface area contributed by atoms with E-state index in [0.29, 0.717) is 6.04 Å². The third-order valence-electron chi connectivity index (χ3n) is 2.89. The van der Waals surface area contributed by atoms with Crippen molar-refractivity contribution in [2.45, 2.75) is 39.2 Å². The second-order valence-corrected chi connectivity index (χ2v) is 4.36. The Labute approximate surface area is 97.2 Å². The minimum Gasteiger partial charge on any atom is -0.380 e. The summed E-state index contributed by atoms with van der Waals surface area (Å²) in [6, 6.07) is 4.59. The maximum atomic E-state index is 5.37. The molecular formula is C13H20N2O. The smallest absolute Gasteiger partial charge is 0.126 e. The van der Waals surface area contributed by atoms with Crippen molar-refractivity contribution in [1.82, 2.24) is 4.98 Å². The van der Waals surface area contributed by atoms with Crippen LogP contribution in [0.4, 0.5) is 5.82 Å². The molecule has 1 aliphatic carbocycles. The lowest BCUT2D eigenvalue weighted by atomic mass is 10.2. The fraction of sp³-hybridized carbons (Fsp3) is 0.615. The predicted molar refractivity (Wildman–Crippen MR) is 65.8 cm³/mol. The van der Waals surface area contributed by atoms with E-state index in [1.165, 1.54) is 24.1 Å². The first-order valence-electron chi connectivity index (χ1n) is 6.12. The summed E-state index contributed by atoms with van der Waals surface area (Å²) in [5.74, 6) is 0.979. The third-order valence-corrected chi connectivity index (χ3v) is 2.89. The summed E-state index contributed by atoms with van der Waals surface area (Å²) >= 11 is 0. The number of hydrogen-bond donors (Lipinski definition) is 1. The molecule has 1 atom stereocenters. The van der Waals surface area contributed by atoms with Gasteiger partial charge in [-0.15, -0.1) is 0 Å².